The SMILES string of the molecule is CC1CCC(CN2CCC(C(=O)O)CC2)CC1.Cl. The summed E-state index contributed by atoms with van der Waals surface area (Å²) in [6.45, 7) is 5.54. The van der Waals surface area contributed by atoms with E-state index in [1.54, 1.807) is 0 Å². The average molecular weight is 276 g/mol. The van der Waals surface area contributed by atoms with Crippen molar-refractivity contribution in [2.75, 3.05) is 19.6 Å². The number of piperidine rings is 1. The first kappa shape index (κ1) is 15.8. The molecule has 1 saturated carbocycles. The van der Waals surface area contributed by atoms with E-state index in [0.717, 1.165) is 37.8 Å². The molecule has 2 fully saturated rings. The zero-order chi connectivity index (χ0) is 12.3. The van der Waals surface area contributed by atoms with Gasteiger partial charge in [0.25, 0.3) is 0 Å². The average Bonchev–Trinajstić information content (AvgIpc) is 2.33. The minimum atomic E-state index is -0.601. The van der Waals surface area contributed by atoms with E-state index in [9.17, 15) is 4.79 Å². The number of carboxylic acids is 1. The third-order valence-electron chi connectivity index (χ3n) is 4.59. The topological polar surface area (TPSA) is 40.5 Å². The van der Waals surface area contributed by atoms with Crippen LogP contribution in [0, 0.1) is 17.8 Å². The summed E-state index contributed by atoms with van der Waals surface area (Å²) in [4.78, 5) is 13.4. The lowest BCUT2D eigenvalue weighted by molar-refractivity contribution is -0.143. The summed E-state index contributed by atoms with van der Waals surface area (Å²) in [5.41, 5.74) is 0. The normalized spacial score (nSPS) is 30.7. The molecule has 0 amide bonds. The standard InChI is InChI=1S/C14H25NO2.ClH/c1-11-2-4-12(5-3-11)10-15-8-6-13(7-9-15)14(16)17;/h11-13H,2-10H2,1H3,(H,16,17);1H. The number of nitrogens with zero attached hydrogens (tertiary/aromatic N) is 1. The van der Waals surface area contributed by atoms with Crippen molar-refractivity contribution in [3.8, 4) is 0 Å². The maximum atomic E-state index is 10.9. The molecule has 18 heavy (non-hydrogen) atoms. The highest BCUT2D eigenvalue weighted by Crippen LogP contribution is 2.29. The van der Waals surface area contributed by atoms with Gasteiger partial charge in [-0.3, -0.25) is 4.79 Å². The van der Waals surface area contributed by atoms with Crippen molar-refractivity contribution in [3.05, 3.63) is 0 Å². The van der Waals surface area contributed by atoms with Crippen molar-refractivity contribution in [3.63, 3.8) is 0 Å². The number of carbonyl (C=O) groups is 1. The molecule has 1 N–H and O–H groups in total. The van der Waals surface area contributed by atoms with Crippen molar-refractivity contribution in [1.29, 1.82) is 0 Å². The Bertz CT molecular complexity index is 257. The van der Waals surface area contributed by atoms with Gasteiger partial charge in [-0.2, -0.15) is 0 Å². The maximum absolute atomic E-state index is 10.9. The highest BCUT2D eigenvalue weighted by Gasteiger charge is 2.26. The summed E-state index contributed by atoms with van der Waals surface area (Å²) in [5, 5.41) is 8.96. The second-order valence-corrected chi connectivity index (χ2v) is 6.04. The second-order valence-electron chi connectivity index (χ2n) is 6.04. The fraction of sp³-hybridized carbons (Fsp3) is 0.929. The lowest BCUT2D eigenvalue weighted by atomic mass is 9.82. The Labute approximate surface area is 116 Å². The monoisotopic (exact) mass is 275 g/mol. The lowest BCUT2D eigenvalue weighted by Crippen LogP contribution is -2.39. The Morgan fingerprint density at radius 1 is 1.11 bits per heavy atom. The van der Waals surface area contributed by atoms with Gasteiger partial charge in [0.1, 0.15) is 0 Å². The molecule has 2 rings (SSSR count). The number of carboxylic acid groups (broad SMARTS) is 1. The number of hydrogen-bond donors (Lipinski definition) is 1. The van der Waals surface area contributed by atoms with Crippen LogP contribution in [-0.2, 0) is 4.79 Å². The molecule has 0 unspecified atom stereocenters. The second kappa shape index (κ2) is 7.34. The van der Waals surface area contributed by atoms with E-state index < -0.39 is 5.97 Å². The quantitative estimate of drug-likeness (QED) is 0.861. The first-order chi connectivity index (χ1) is 8.15. The van der Waals surface area contributed by atoms with Crippen LogP contribution in [-0.4, -0.2) is 35.6 Å². The Balaban J connectivity index is 0.00000162. The highest BCUT2D eigenvalue weighted by atomic mass is 35.5. The third-order valence-corrected chi connectivity index (χ3v) is 4.59. The van der Waals surface area contributed by atoms with Crippen LogP contribution in [0.15, 0.2) is 0 Å². The predicted octanol–water partition coefficient (Wildman–Crippen LogP) is 3.03. The van der Waals surface area contributed by atoms with Crippen molar-refractivity contribution >= 4 is 18.4 Å². The maximum Gasteiger partial charge on any atom is 0.306 e. The molecule has 0 bridgehead atoms. The van der Waals surface area contributed by atoms with E-state index in [2.05, 4.69) is 11.8 Å². The molecule has 4 heteroatoms. The molecule has 1 saturated heterocycles. The summed E-state index contributed by atoms with van der Waals surface area (Å²) >= 11 is 0. The molecule has 1 aliphatic carbocycles. The summed E-state index contributed by atoms with van der Waals surface area (Å²) in [5.74, 6) is 1.10. The molecular weight excluding hydrogens is 250 g/mol. The molecule has 3 nitrogen and oxygen atoms in total. The highest BCUT2D eigenvalue weighted by molar-refractivity contribution is 5.85. The summed E-state index contributed by atoms with van der Waals surface area (Å²) in [7, 11) is 0. The molecule has 0 atom stereocenters. The van der Waals surface area contributed by atoms with Crippen LogP contribution < -0.4 is 0 Å². The lowest BCUT2D eigenvalue weighted by Gasteiger charge is -2.35. The smallest absolute Gasteiger partial charge is 0.306 e. The Kier molecular flexibility index (Phi) is 6.44. The molecule has 1 heterocycles. The van der Waals surface area contributed by atoms with Gasteiger partial charge in [0.2, 0.25) is 0 Å². The molecule has 0 aromatic rings. The molecule has 0 spiro atoms. The Morgan fingerprint density at radius 2 is 1.67 bits per heavy atom. The number of hydrogen-bond acceptors (Lipinski definition) is 2. The third kappa shape index (κ3) is 4.43. The van der Waals surface area contributed by atoms with E-state index in [0.29, 0.717) is 0 Å². The Hall–Kier alpha value is -0.280. The van der Waals surface area contributed by atoms with E-state index in [1.165, 1.54) is 32.2 Å². The van der Waals surface area contributed by atoms with Gasteiger partial charge in [0, 0.05) is 6.54 Å². The van der Waals surface area contributed by atoms with Gasteiger partial charge in [-0.15, -0.1) is 12.4 Å². The zero-order valence-electron chi connectivity index (χ0n) is 11.3. The minimum absolute atomic E-state index is 0. The van der Waals surface area contributed by atoms with Crippen molar-refractivity contribution in [2.45, 2.75) is 45.4 Å². The van der Waals surface area contributed by atoms with Gasteiger partial charge in [-0.1, -0.05) is 19.8 Å². The van der Waals surface area contributed by atoms with E-state index in [1.807, 2.05) is 0 Å². The molecule has 0 aromatic heterocycles. The van der Waals surface area contributed by atoms with Gasteiger partial charge in [-0.25, -0.2) is 0 Å². The molecule has 2 aliphatic rings. The number of aliphatic carboxylic acids is 1. The van der Waals surface area contributed by atoms with Crippen LogP contribution in [0.1, 0.15) is 45.4 Å². The van der Waals surface area contributed by atoms with Crippen LogP contribution in [0.25, 0.3) is 0 Å². The van der Waals surface area contributed by atoms with Crippen molar-refractivity contribution in [1.82, 2.24) is 4.90 Å². The molecular formula is C14H26ClNO2. The number of likely N-dealkylation sites (tertiary alicyclic amines) is 1. The molecule has 106 valence electrons. The van der Waals surface area contributed by atoms with Crippen LogP contribution >= 0.6 is 12.4 Å². The van der Waals surface area contributed by atoms with Gasteiger partial charge in [0.15, 0.2) is 0 Å². The van der Waals surface area contributed by atoms with Gasteiger partial charge in [-0.05, 0) is 50.6 Å². The van der Waals surface area contributed by atoms with Crippen LogP contribution in [0.5, 0.6) is 0 Å². The van der Waals surface area contributed by atoms with Crippen LogP contribution in [0.2, 0.25) is 0 Å². The van der Waals surface area contributed by atoms with E-state index in [-0.39, 0.29) is 18.3 Å². The zero-order valence-corrected chi connectivity index (χ0v) is 12.1. The summed E-state index contributed by atoms with van der Waals surface area (Å²) in [6.07, 6.45) is 7.21. The minimum Gasteiger partial charge on any atom is -0.481 e. The van der Waals surface area contributed by atoms with E-state index in [4.69, 9.17) is 5.11 Å². The molecule has 0 radical (unpaired) electrons. The first-order valence-corrected chi connectivity index (χ1v) is 7.10. The summed E-state index contributed by atoms with van der Waals surface area (Å²) in [6, 6.07) is 0. The van der Waals surface area contributed by atoms with E-state index >= 15 is 0 Å². The first-order valence-electron chi connectivity index (χ1n) is 7.10. The van der Waals surface area contributed by atoms with Gasteiger partial charge < -0.3 is 10.0 Å². The fourth-order valence-corrected chi connectivity index (χ4v) is 3.24. The largest absolute Gasteiger partial charge is 0.481 e. The number of rotatable bonds is 3. The predicted molar refractivity (Wildman–Crippen MR) is 75.2 cm³/mol. The fourth-order valence-electron chi connectivity index (χ4n) is 3.24. The molecule has 0 aromatic carbocycles. The van der Waals surface area contributed by atoms with Crippen molar-refractivity contribution < 1.29 is 9.90 Å². The molecule has 1 aliphatic heterocycles. The van der Waals surface area contributed by atoms with Crippen LogP contribution in [0.3, 0.4) is 0 Å². The number of halogens is 1. The summed E-state index contributed by atoms with van der Waals surface area (Å²) < 4.78 is 0. The van der Waals surface area contributed by atoms with Gasteiger partial charge >= 0.3 is 5.97 Å². The Morgan fingerprint density at radius 3 is 2.17 bits per heavy atom. The van der Waals surface area contributed by atoms with Crippen molar-refractivity contribution in [2.24, 2.45) is 17.8 Å². The van der Waals surface area contributed by atoms with Gasteiger partial charge in [0.05, 0.1) is 5.92 Å². The van der Waals surface area contributed by atoms with Crippen LogP contribution in [0.4, 0.5) is 0 Å².